The summed E-state index contributed by atoms with van der Waals surface area (Å²) in [6, 6.07) is 0. The van der Waals surface area contributed by atoms with Gasteiger partial charge in [-0.1, -0.05) is 82.9 Å². The van der Waals surface area contributed by atoms with Crippen LogP contribution in [-0.4, -0.2) is 16.9 Å². The summed E-state index contributed by atoms with van der Waals surface area (Å²) in [5.74, 6) is -1.35. The molecule has 27 heavy (non-hydrogen) atoms. The monoisotopic (exact) mass is 376 g/mol. The zero-order valence-electron chi connectivity index (χ0n) is 17.3. The highest BCUT2D eigenvalue weighted by Gasteiger charge is 1.93. The van der Waals surface area contributed by atoms with E-state index in [-0.39, 0.29) is 5.78 Å². The summed E-state index contributed by atoms with van der Waals surface area (Å²) < 4.78 is 0. The maximum Gasteiger partial charge on any atom is 0.328 e. The maximum atomic E-state index is 11.3. The van der Waals surface area contributed by atoms with E-state index in [1.54, 1.807) is 0 Å². The van der Waals surface area contributed by atoms with Crippen molar-refractivity contribution < 1.29 is 14.7 Å². The quantitative estimate of drug-likeness (QED) is 0.147. The van der Waals surface area contributed by atoms with E-state index in [4.69, 9.17) is 5.11 Å². The third kappa shape index (κ3) is 22.3. The molecule has 0 spiro atoms. The fourth-order valence-corrected chi connectivity index (χ4v) is 2.92. The Kier molecular flexibility index (Phi) is 19.4. The highest BCUT2D eigenvalue weighted by molar-refractivity contribution is 6.02. The number of hydrogen-bond acceptors (Lipinski definition) is 2. The van der Waals surface area contributed by atoms with E-state index in [2.05, 4.69) is 19.1 Å². The van der Waals surface area contributed by atoms with Gasteiger partial charge in [-0.05, 0) is 50.7 Å². The molecule has 0 unspecified atom stereocenters. The van der Waals surface area contributed by atoms with Crippen LogP contribution >= 0.6 is 0 Å². The summed E-state index contributed by atoms with van der Waals surface area (Å²) >= 11 is 0. The molecule has 0 saturated carbocycles. The molecule has 0 radical (unpaired) electrons. The van der Waals surface area contributed by atoms with Gasteiger partial charge in [0.25, 0.3) is 0 Å². The number of aliphatic carboxylic acids is 1. The smallest absolute Gasteiger partial charge is 0.328 e. The molecule has 0 aromatic heterocycles. The van der Waals surface area contributed by atoms with Gasteiger partial charge < -0.3 is 5.11 Å². The van der Waals surface area contributed by atoms with Crippen molar-refractivity contribution in [1.82, 2.24) is 0 Å². The Morgan fingerprint density at radius 3 is 1.52 bits per heavy atom. The van der Waals surface area contributed by atoms with Gasteiger partial charge >= 0.3 is 5.97 Å². The van der Waals surface area contributed by atoms with E-state index in [0.29, 0.717) is 0 Å². The van der Waals surface area contributed by atoms with Crippen molar-refractivity contribution >= 4 is 11.8 Å². The van der Waals surface area contributed by atoms with Crippen LogP contribution in [0, 0.1) is 0 Å². The predicted octanol–water partition coefficient (Wildman–Crippen LogP) is 7.18. The van der Waals surface area contributed by atoms with Gasteiger partial charge in [0.1, 0.15) is 0 Å². The number of carboxylic acid groups (broad SMARTS) is 1. The fraction of sp³-hybridized carbons (Fsp3) is 0.667. The molecule has 0 fully saturated rings. The molecule has 3 nitrogen and oxygen atoms in total. The van der Waals surface area contributed by atoms with Gasteiger partial charge in [0, 0.05) is 6.08 Å². The molecule has 0 atom stereocenters. The number of carbonyl (C=O) groups is 2. The first-order chi connectivity index (χ1) is 13.2. The molecule has 1 N–H and O–H groups in total. The number of rotatable bonds is 19. The van der Waals surface area contributed by atoms with Crippen molar-refractivity contribution in [2.24, 2.45) is 0 Å². The second kappa shape index (κ2) is 20.7. The Labute approximate surface area is 166 Å². The summed E-state index contributed by atoms with van der Waals surface area (Å²) in [6.07, 6.45) is 28.9. The first-order valence-electron chi connectivity index (χ1n) is 10.9. The van der Waals surface area contributed by atoms with E-state index < -0.39 is 5.97 Å². The molecule has 0 rings (SSSR count). The number of carboxylic acids is 1. The average Bonchev–Trinajstić information content (AvgIpc) is 2.65. The first kappa shape index (κ1) is 25.4. The molecule has 0 bridgehead atoms. The van der Waals surface area contributed by atoms with Crippen LogP contribution in [0.3, 0.4) is 0 Å². The Balaban J connectivity index is 3.29. The standard InChI is InChI=1S/C24H40O3/c1-2-3-4-5-6-7-8-9-10-11-12-13-14-15-16-17-18-19-20-23(25)21-22-24(26)27/h8-9,19-22H,2-7,10-18H2,1H3,(H,26,27)/b9-8-,20-19+,22-21+. The van der Waals surface area contributed by atoms with Crippen molar-refractivity contribution in [3.63, 3.8) is 0 Å². The van der Waals surface area contributed by atoms with Gasteiger partial charge in [0.05, 0.1) is 0 Å². The van der Waals surface area contributed by atoms with Crippen LogP contribution < -0.4 is 0 Å². The molecule has 0 aliphatic heterocycles. The van der Waals surface area contributed by atoms with Crippen molar-refractivity contribution in [1.29, 1.82) is 0 Å². The van der Waals surface area contributed by atoms with E-state index in [1.807, 2.05) is 6.08 Å². The zero-order valence-corrected chi connectivity index (χ0v) is 17.3. The summed E-state index contributed by atoms with van der Waals surface area (Å²) in [4.78, 5) is 21.6. The van der Waals surface area contributed by atoms with Crippen molar-refractivity contribution in [3.8, 4) is 0 Å². The molecule has 0 aliphatic carbocycles. The normalized spacial score (nSPS) is 11.9. The fourth-order valence-electron chi connectivity index (χ4n) is 2.92. The van der Waals surface area contributed by atoms with Crippen LogP contribution in [0.15, 0.2) is 36.5 Å². The Morgan fingerprint density at radius 1 is 0.593 bits per heavy atom. The van der Waals surface area contributed by atoms with Crippen molar-refractivity contribution in [2.45, 2.75) is 103 Å². The molecule has 3 heteroatoms. The predicted molar refractivity (Wildman–Crippen MR) is 115 cm³/mol. The third-order valence-corrected chi connectivity index (χ3v) is 4.55. The van der Waals surface area contributed by atoms with Crippen molar-refractivity contribution in [2.75, 3.05) is 0 Å². The van der Waals surface area contributed by atoms with Crippen LogP contribution in [0.4, 0.5) is 0 Å². The first-order valence-corrected chi connectivity index (χ1v) is 10.9. The van der Waals surface area contributed by atoms with E-state index in [0.717, 1.165) is 25.0 Å². The van der Waals surface area contributed by atoms with E-state index in [9.17, 15) is 9.59 Å². The Morgan fingerprint density at radius 2 is 1.04 bits per heavy atom. The molecule has 154 valence electrons. The molecule has 0 aromatic rings. The largest absolute Gasteiger partial charge is 0.478 e. The molecular formula is C24H40O3. The number of ketones is 1. The van der Waals surface area contributed by atoms with E-state index >= 15 is 0 Å². The van der Waals surface area contributed by atoms with E-state index in [1.165, 1.54) is 89.5 Å². The molecule has 0 amide bonds. The van der Waals surface area contributed by atoms with Crippen LogP contribution in [0.1, 0.15) is 103 Å². The molecule has 0 saturated heterocycles. The Bertz CT molecular complexity index is 447. The highest BCUT2D eigenvalue weighted by Crippen LogP contribution is 2.11. The minimum Gasteiger partial charge on any atom is -0.478 e. The van der Waals surface area contributed by atoms with Gasteiger partial charge in [-0.2, -0.15) is 0 Å². The maximum absolute atomic E-state index is 11.3. The zero-order chi connectivity index (χ0) is 20.0. The molecule has 0 heterocycles. The van der Waals surface area contributed by atoms with Crippen molar-refractivity contribution in [3.05, 3.63) is 36.5 Å². The minimum atomic E-state index is -1.09. The number of carbonyl (C=O) groups excluding carboxylic acids is 1. The third-order valence-electron chi connectivity index (χ3n) is 4.55. The SMILES string of the molecule is CCCCCCC/C=C\CCCCCCCCC/C=C/C(=O)/C=C/C(=O)O. The number of unbranched alkanes of at least 4 members (excludes halogenated alkanes) is 13. The van der Waals surface area contributed by atoms with Crippen LogP contribution in [0.25, 0.3) is 0 Å². The van der Waals surface area contributed by atoms with Gasteiger partial charge in [0.2, 0.25) is 0 Å². The number of allylic oxidation sites excluding steroid dienone is 5. The lowest BCUT2D eigenvalue weighted by Crippen LogP contribution is -1.91. The lowest BCUT2D eigenvalue weighted by atomic mass is 10.1. The van der Waals surface area contributed by atoms with Gasteiger partial charge in [-0.3, -0.25) is 4.79 Å². The van der Waals surface area contributed by atoms with Gasteiger partial charge in [-0.15, -0.1) is 0 Å². The van der Waals surface area contributed by atoms with Gasteiger partial charge in [0.15, 0.2) is 5.78 Å². The molecule has 0 aliphatic rings. The lowest BCUT2D eigenvalue weighted by Gasteiger charge is -2.00. The summed E-state index contributed by atoms with van der Waals surface area (Å²) in [7, 11) is 0. The Hall–Kier alpha value is -1.64. The second-order valence-electron chi connectivity index (χ2n) is 7.20. The molecular weight excluding hydrogens is 336 g/mol. The second-order valence-corrected chi connectivity index (χ2v) is 7.20. The molecule has 0 aromatic carbocycles. The van der Waals surface area contributed by atoms with Crippen LogP contribution in [0.2, 0.25) is 0 Å². The number of hydrogen-bond donors (Lipinski definition) is 1. The minimum absolute atomic E-state index is 0.261. The summed E-state index contributed by atoms with van der Waals surface area (Å²) in [5.41, 5.74) is 0. The van der Waals surface area contributed by atoms with Crippen LogP contribution in [0.5, 0.6) is 0 Å². The summed E-state index contributed by atoms with van der Waals surface area (Å²) in [5, 5.41) is 8.42. The van der Waals surface area contributed by atoms with Gasteiger partial charge in [-0.25, -0.2) is 4.79 Å². The highest BCUT2D eigenvalue weighted by atomic mass is 16.4. The average molecular weight is 377 g/mol. The summed E-state index contributed by atoms with van der Waals surface area (Å²) in [6.45, 7) is 2.26. The lowest BCUT2D eigenvalue weighted by molar-refractivity contribution is -0.131. The van der Waals surface area contributed by atoms with Crippen LogP contribution in [-0.2, 0) is 9.59 Å². The topological polar surface area (TPSA) is 54.4 Å².